The summed E-state index contributed by atoms with van der Waals surface area (Å²) in [5.74, 6) is -1.34. The second-order valence-electron chi connectivity index (χ2n) is 4.49. The molecule has 0 radical (unpaired) electrons. The molecule has 2 aromatic carbocycles. The van der Waals surface area contributed by atoms with E-state index < -0.39 is 22.5 Å². The van der Waals surface area contributed by atoms with Crippen LogP contribution in [0.4, 0.5) is 15.8 Å². The van der Waals surface area contributed by atoms with Crippen LogP contribution in [-0.4, -0.2) is 15.9 Å². The van der Waals surface area contributed by atoms with Gasteiger partial charge in [0.2, 0.25) is 5.91 Å². The Bertz CT molecular complexity index is 704. The van der Waals surface area contributed by atoms with Crippen LogP contribution in [0.3, 0.4) is 0 Å². The number of rotatable bonds is 4. The lowest BCUT2D eigenvalue weighted by Gasteiger charge is -2.10. The van der Waals surface area contributed by atoms with Gasteiger partial charge in [-0.1, -0.05) is 18.2 Å². The number of nitrogens with two attached hydrogens (primary N) is 1. The van der Waals surface area contributed by atoms with E-state index in [4.69, 9.17) is 5.73 Å². The van der Waals surface area contributed by atoms with Gasteiger partial charge in [0.1, 0.15) is 11.6 Å². The molecule has 0 aromatic heterocycles. The van der Waals surface area contributed by atoms with Gasteiger partial charge in [-0.2, -0.15) is 0 Å². The summed E-state index contributed by atoms with van der Waals surface area (Å²) in [4.78, 5) is 11.9. The van der Waals surface area contributed by atoms with Crippen LogP contribution < -0.4 is 11.1 Å². The van der Waals surface area contributed by atoms with E-state index >= 15 is 0 Å². The first-order valence-corrected chi connectivity index (χ1v) is 7.59. The summed E-state index contributed by atoms with van der Waals surface area (Å²) in [5, 5.41) is 2.64. The van der Waals surface area contributed by atoms with Crippen molar-refractivity contribution in [1.29, 1.82) is 0 Å². The summed E-state index contributed by atoms with van der Waals surface area (Å²) in [5.41, 5.74) is 7.61. The zero-order chi connectivity index (χ0) is 15.4. The molecular formula is C15H15FN2O2S. The van der Waals surface area contributed by atoms with Crippen molar-refractivity contribution >= 4 is 28.1 Å². The third kappa shape index (κ3) is 3.66. The van der Waals surface area contributed by atoms with Crippen molar-refractivity contribution in [2.45, 2.75) is 11.8 Å². The average molecular weight is 306 g/mol. The van der Waals surface area contributed by atoms with Gasteiger partial charge in [-0.05, 0) is 36.8 Å². The Labute approximate surface area is 124 Å². The number of amides is 1. The molecule has 21 heavy (non-hydrogen) atoms. The van der Waals surface area contributed by atoms with Gasteiger partial charge < -0.3 is 11.1 Å². The second-order valence-corrected chi connectivity index (χ2v) is 5.91. The fourth-order valence-corrected chi connectivity index (χ4v) is 2.78. The lowest BCUT2D eigenvalue weighted by molar-refractivity contribution is -0.113. The molecule has 1 atom stereocenters. The van der Waals surface area contributed by atoms with Crippen molar-refractivity contribution in [1.82, 2.24) is 0 Å². The molecule has 0 bridgehead atoms. The van der Waals surface area contributed by atoms with Gasteiger partial charge in [0, 0.05) is 11.4 Å². The molecule has 0 fully saturated rings. The lowest BCUT2D eigenvalue weighted by atomic mass is 10.1. The normalized spacial score (nSPS) is 11.9. The summed E-state index contributed by atoms with van der Waals surface area (Å²) >= 11 is 0. The first-order chi connectivity index (χ1) is 9.99. The first kappa shape index (κ1) is 15.2. The summed E-state index contributed by atoms with van der Waals surface area (Å²) < 4.78 is 25.5. The number of halogens is 1. The minimum absolute atomic E-state index is 0.0250. The lowest BCUT2D eigenvalue weighted by Crippen LogP contribution is -2.20. The van der Waals surface area contributed by atoms with E-state index in [1.165, 1.54) is 18.2 Å². The molecule has 6 heteroatoms. The van der Waals surface area contributed by atoms with Crippen molar-refractivity contribution in [2.75, 3.05) is 16.8 Å². The van der Waals surface area contributed by atoms with Crippen LogP contribution in [0.2, 0.25) is 0 Å². The van der Waals surface area contributed by atoms with E-state index in [0.717, 1.165) is 5.56 Å². The molecule has 4 nitrogen and oxygen atoms in total. The zero-order valence-corrected chi connectivity index (χ0v) is 12.2. The number of carbonyl (C=O) groups excluding carboxylic acids is 1. The number of anilines is 2. The standard InChI is InChI=1S/C15H15FN2O2S/c1-10-12(17)6-4-7-13(10)18-15(19)9-21(20)14-8-3-2-5-11(14)16/h2-8H,9,17H2,1H3,(H,18,19). The van der Waals surface area contributed by atoms with E-state index in [0.29, 0.717) is 11.4 Å². The molecule has 3 N–H and O–H groups in total. The maximum atomic E-state index is 13.5. The van der Waals surface area contributed by atoms with Crippen LogP contribution in [0.15, 0.2) is 47.4 Å². The highest BCUT2D eigenvalue weighted by Gasteiger charge is 2.14. The first-order valence-electron chi connectivity index (χ1n) is 6.27. The molecule has 0 aliphatic heterocycles. The summed E-state index contributed by atoms with van der Waals surface area (Å²) in [6.07, 6.45) is 0. The number of hydrogen-bond acceptors (Lipinski definition) is 3. The third-order valence-corrected chi connectivity index (χ3v) is 4.34. The van der Waals surface area contributed by atoms with Crippen molar-refractivity contribution < 1.29 is 13.4 Å². The molecule has 1 unspecified atom stereocenters. The Hall–Kier alpha value is -2.21. The van der Waals surface area contributed by atoms with Crippen molar-refractivity contribution in [3.8, 4) is 0 Å². The monoisotopic (exact) mass is 306 g/mol. The molecule has 0 saturated carbocycles. The highest BCUT2D eigenvalue weighted by Crippen LogP contribution is 2.20. The van der Waals surface area contributed by atoms with Crippen LogP contribution in [0.1, 0.15) is 5.56 Å². The molecule has 2 aromatic rings. The topological polar surface area (TPSA) is 72.2 Å². The fourth-order valence-electron chi connectivity index (χ4n) is 1.80. The summed E-state index contributed by atoms with van der Waals surface area (Å²) in [7, 11) is -1.73. The molecule has 1 amide bonds. The van der Waals surface area contributed by atoms with E-state index in [1.807, 2.05) is 0 Å². The minimum Gasteiger partial charge on any atom is -0.398 e. The highest BCUT2D eigenvalue weighted by atomic mass is 32.2. The number of benzene rings is 2. The quantitative estimate of drug-likeness (QED) is 0.852. The van der Waals surface area contributed by atoms with Gasteiger partial charge in [-0.15, -0.1) is 0 Å². The van der Waals surface area contributed by atoms with Crippen LogP contribution in [-0.2, 0) is 15.6 Å². The molecule has 110 valence electrons. The van der Waals surface area contributed by atoms with Gasteiger partial charge in [0.25, 0.3) is 0 Å². The largest absolute Gasteiger partial charge is 0.398 e. The predicted molar refractivity (Wildman–Crippen MR) is 81.9 cm³/mol. The molecule has 2 rings (SSSR count). The van der Waals surface area contributed by atoms with Crippen molar-refractivity contribution in [3.63, 3.8) is 0 Å². The van der Waals surface area contributed by atoms with E-state index in [1.54, 1.807) is 31.2 Å². The number of nitrogen functional groups attached to an aromatic ring is 1. The molecular weight excluding hydrogens is 291 g/mol. The zero-order valence-electron chi connectivity index (χ0n) is 11.4. The van der Waals surface area contributed by atoms with E-state index in [9.17, 15) is 13.4 Å². The van der Waals surface area contributed by atoms with E-state index in [2.05, 4.69) is 5.32 Å². The minimum atomic E-state index is -1.73. The van der Waals surface area contributed by atoms with Gasteiger partial charge in [-0.25, -0.2) is 4.39 Å². The van der Waals surface area contributed by atoms with Crippen LogP contribution >= 0.6 is 0 Å². The maximum absolute atomic E-state index is 13.5. The Kier molecular flexibility index (Phi) is 4.70. The Balaban J connectivity index is 2.07. The van der Waals surface area contributed by atoms with Gasteiger partial charge in [0.05, 0.1) is 15.7 Å². The fraction of sp³-hybridized carbons (Fsp3) is 0.133. The van der Waals surface area contributed by atoms with Crippen LogP contribution in [0.5, 0.6) is 0 Å². The second kappa shape index (κ2) is 6.49. The highest BCUT2D eigenvalue weighted by molar-refractivity contribution is 7.85. The third-order valence-electron chi connectivity index (χ3n) is 2.99. The smallest absolute Gasteiger partial charge is 0.237 e. The molecule has 0 saturated heterocycles. The average Bonchev–Trinajstić information content (AvgIpc) is 2.44. The van der Waals surface area contributed by atoms with E-state index in [-0.39, 0.29) is 10.6 Å². The molecule has 0 spiro atoms. The number of carbonyl (C=O) groups is 1. The van der Waals surface area contributed by atoms with Crippen LogP contribution in [0.25, 0.3) is 0 Å². The Morgan fingerprint density at radius 2 is 1.95 bits per heavy atom. The van der Waals surface area contributed by atoms with Crippen molar-refractivity contribution in [3.05, 3.63) is 53.8 Å². The van der Waals surface area contributed by atoms with Crippen LogP contribution in [0, 0.1) is 12.7 Å². The number of nitrogens with one attached hydrogen (secondary N) is 1. The molecule has 0 aliphatic rings. The molecule has 0 aliphatic carbocycles. The Morgan fingerprint density at radius 3 is 2.67 bits per heavy atom. The summed E-state index contributed by atoms with van der Waals surface area (Å²) in [6, 6.07) is 10.9. The predicted octanol–water partition coefficient (Wildman–Crippen LogP) is 2.46. The molecule has 0 heterocycles. The van der Waals surface area contributed by atoms with Gasteiger partial charge in [0.15, 0.2) is 0 Å². The maximum Gasteiger partial charge on any atom is 0.237 e. The van der Waals surface area contributed by atoms with Crippen molar-refractivity contribution in [2.24, 2.45) is 0 Å². The van der Waals surface area contributed by atoms with Gasteiger partial charge in [-0.3, -0.25) is 9.00 Å². The Morgan fingerprint density at radius 1 is 1.24 bits per heavy atom. The number of hydrogen-bond donors (Lipinski definition) is 2. The summed E-state index contributed by atoms with van der Waals surface area (Å²) in [6.45, 7) is 1.78. The van der Waals surface area contributed by atoms with Gasteiger partial charge >= 0.3 is 0 Å². The SMILES string of the molecule is Cc1c(N)cccc1NC(=O)CS(=O)c1ccccc1F.